The number of aryl methyl sites for hydroxylation is 1. The molecule has 2 N–H and O–H groups in total. The van der Waals surface area contributed by atoms with E-state index in [1.165, 1.54) is 12.0 Å². The number of H-pyrrole nitrogens is 1. The van der Waals surface area contributed by atoms with Crippen molar-refractivity contribution in [1.29, 1.82) is 0 Å². The van der Waals surface area contributed by atoms with Crippen LogP contribution in [0.2, 0.25) is 0 Å². The molecule has 2 aliphatic rings. The van der Waals surface area contributed by atoms with Crippen LogP contribution in [0.25, 0.3) is 5.76 Å². The van der Waals surface area contributed by atoms with Gasteiger partial charge in [-0.15, -0.1) is 0 Å². The number of benzene rings is 1. The molecule has 2 aromatic rings. The number of Topliss-reactive ketones (excluding diaryl/α,β-unsaturated/α-hetero) is 1. The minimum Gasteiger partial charge on any atom is -0.507 e. The number of aromatic amines is 1. The van der Waals surface area contributed by atoms with Crippen LogP contribution in [-0.2, 0) is 19.1 Å². The quantitative estimate of drug-likeness (QED) is 0.240. The van der Waals surface area contributed by atoms with Gasteiger partial charge in [0.15, 0.2) is 0 Å². The summed E-state index contributed by atoms with van der Waals surface area (Å²) in [6, 6.07) is 6.31. The van der Waals surface area contributed by atoms with E-state index in [-0.39, 0.29) is 17.0 Å². The molecule has 1 amide bonds. The molecule has 1 aromatic carbocycles. The number of likely N-dealkylation sites (tertiary alicyclic amines) is 1. The Morgan fingerprint density at radius 1 is 1.16 bits per heavy atom. The third-order valence-corrected chi connectivity index (χ3v) is 6.99. The Bertz CT molecular complexity index is 1230. The van der Waals surface area contributed by atoms with Gasteiger partial charge >= 0.3 is 5.97 Å². The molecule has 10 heteroatoms. The van der Waals surface area contributed by atoms with E-state index in [1.807, 2.05) is 0 Å². The maximum Gasteiger partial charge on any atom is 0.354 e. The third-order valence-electron chi connectivity index (χ3n) is 6.99. The number of hydrogen-bond donors (Lipinski definition) is 2. The second kappa shape index (κ2) is 11.2. The number of nitrogens with one attached hydrogen (secondary N) is 1. The van der Waals surface area contributed by atoms with Crippen molar-refractivity contribution >= 4 is 23.4 Å². The molecule has 0 unspecified atom stereocenters. The standard InChI is InChI=1S/C27H33N3O7/c1-16-20(17(2)28-22(16)27(34)36-4)24(31)21-23(18-7-5-8-19(15-18)35-3)30(26(33)25(21)32)10-6-9-29-11-13-37-14-12-29/h5,7-8,15,23,28,31H,6,9-14H2,1-4H3/t23-/m1/s1. The summed E-state index contributed by atoms with van der Waals surface area (Å²) in [5.74, 6) is -1.79. The van der Waals surface area contributed by atoms with Crippen molar-refractivity contribution in [2.45, 2.75) is 26.3 Å². The maximum absolute atomic E-state index is 13.4. The number of aliphatic hydroxyl groups is 1. The Labute approximate surface area is 215 Å². The summed E-state index contributed by atoms with van der Waals surface area (Å²) in [5, 5.41) is 11.5. The van der Waals surface area contributed by atoms with E-state index in [9.17, 15) is 19.5 Å². The lowest BCUT2D eigenvalue weighted by molar-refractivity contribution is -0.140. The molecule has 0 spiro atoms. The smallest absolute Gasteiger partial charge is 0.354 e. The summed E-state index contributed by atoms with van der Waals surface area (Å²) in [4.78, 5) is 45.6. The van der Waals surface area contributed by atoms with Gasteiger partial charge in [0, 0.05) is 37.4 Å². The van der Waals surface area contributed by atoms with Gasteiger partial charge in [-0.25, -0.2) is 4.79 Å². The Morgan fingerprint density at radius 3 is 2.57 bits per heavy atom. The van der Waals surface area contributed by atoms with E-state index in [0.717, 1.165) is 19.6 Å². The molecule has 2 saturated heterocycles. The van der Waals surface area contributed by atoms with E-state index in [1.54, 1.807) is 45.2 Å². The van der Waals surface area contributed by atoms with Crippen molar-refractivity contribution in [2.75, 3.05) is 53.6 Å². The fourth-order valence-electron chi connectivity index (χ4n) is 5.10. The lowest BCUT2D eigenvalue weighted by atomic mass is 9.94. The van der Waals surface area contributed by atoms with Crippen LogP contribution in [0, 0.1) is 13.8 Å². The normalized spacial score (nSPS) is 19.9. The highest BCUT2D eigenvalue weighted by Crippen LogP contribution is 2.41. The number of methoxy groups -OCH3 is 2. The molecule has 0 saturated carbocycles. The first kappa shape index (κ1) is 26.4. The number of hydrogen-bond acceptors (Lipinski definition) is 8. The van der Waals surface area contributed by atoms with Gasteiger partial charge in [-0.1, -0.05) is 12.1 Å². The van der Waals surface area contributed by atoms with Crippen molar-refractivity contribution in [3.05, 3.63) is 57.9 Å². The number of ether oxygens (including phenoxy) is 3. The van der Waals surface area contributed by atoms with Crippen LogP contribution >= 0.6 is 0 Å². The van der Waals surface area contributed by atoms with Crippen LogP contribution in [0.3, 0.4) is 0 Å². The van der Waals surface area contributed by atoms with E-state index in [0.29, 0.717) is 54.3 Å². The van der Waals surface area contributed by atoms with E-state index in [4.69, 9.17) is 14.2 Å². The number of morpholine rings is 1. The Balaban J connectivity index is 1.76. The van der Waals surface area contributed by atoms with Crippen molar-refractivity contribution in [2.24, 2.45) is 0 Å². The minimum absolute atomic E-state index is 0.0220. The van der Waals surface area contributed by atoms with Gasteiger partial charge in [-0.3, -0.25) is 14.5 Å². The van der Waals surface area contributed by atoms with Crippen LogP contribution in [0.15, 0.2) is 29.8 Å². The molecular weight excluding hydrogens is 478 g/mol. The molecule has 10 nitrogen and oxygen atoms in total. The molecule has 1 aromatic heterocycles. The molecule has 2 aliphatic heterocycles. The molecular formula is C27H33N3O7. The third kappa shape index (κ3) is 5.12. The molecule has 4 rings (SSSR count). The van der Waals surface area contributed by atoms with Gasteiger partial charge in [-0.2, -0.15) is 0 Å². The minimum atomic E-state index is -0.810. The zero-order valence-corrected chi connectivity index (χ0v) is 21.6. The Hall–Kier alpha value is -3.63. The number of esters is 1. The molecule has 0 aliphatic carbocycles. The lowest BCUT2D eigenvalue weighted by Crippen LogP contribution is -2.38. The van der Waals surface area contributed by atoms with Gasteiger partial charge < -0.3 is 29.2 Å². The number of aliphatic hydroxyl groups excluding tert-OH is 1. The van der Waals surface area contributed by atoms with Crippen LogP contribution in [0.5, 0.6) is 5.75 Å². The zero-order valence-electron chi connectivity index (χ0n) is 21.6. The highest BCUT2D eigenvalue weighted by Gasteiger charge is 2.46. The van der Waals surface area contributed by atoms with Crippen LogP contribution < -0.4 is 4.74 Å². The number of carbonyl (C=O) groups is 3. The average molecular weight is 512 g/mol. The molecule has 37 heavy (non-hydrogen) atoms. The average Bonchev–Trinajstić information content (AvgIpc) is 3.35. The monoisotopic (exact) mass is 511 g/mol. The highest BCUT2D eigenvalue weighted by atomic mass is 16.5. The summed E-state index contributed by atoms with van der Waals surface area (Å²) in [6.07, 6.45) is 0.655. The van der Waals surface area contributed by atoms with Gasteiger partial charge in [0.25, 0.3) is 11.7 Å². The predicted octanol–water partition coefficient (Wildman–Crippen LogP) is 2.57. The molecule has 0 radical (unpaired) electrons. The first-order valence-electron chi connectivity index (χ1n) is 12.3. The Kier molecular flexibility index (Phi) is 7.99. The molecule has 198 valence electrons. The molecule has 0 bridgehead atoms. The lowest BCUT2D eigenvalue weighted by Gasteiger charge is -2.29. The first-order chi connectivity index (χ1) is 17.8. The van der Waals surface area contributed by atoms with Crippen LogP contribution in [-0.4, -0.2) is 91.2 Å². The molecule has 3 heterocycles. The van der Waals surface area contributed by atoms with Crippen molar-refractivity contribution < 1.29 is 33.7 Å². The molecule has 1 atom stereocenters. The fourth-order valence-corrected chi connectivity index (χ4v) is 5.10. The summed E-state index contributed by atoms with van der Waals surface area (Å²) in [5.41, 5.74) is 2.03. The zero-order chi connectivity index (χ0) is 26.7. The summed E-state index contributed by atoms with van der Waals surface area (Å²) in [7, 11) is 2.81. The fraction of sp³-hybridized carbons (Fsp3) is 0.444. The van der Waals surface area contributed by atoms with Crippen molar-refractivity contribution in [3.8, 4) is 5.75 Å². The first-order valence-corrected chi connectivity index (χ1v) is 12.3. The molecule has 2 fully saturated rings. The largest absolute Gasteiger partial charge is 0.507 e. The van der Waals surface area contributed by atoms with Gasteiger partial charge in [-0.05, 0) is 43.5 Å². The maximum atomic E-state index is 13.4. The highest BCUT2D eigenvalue weighted by molar-refractivity contribution is 6.46. The number of aromatic nitrogens is 1. The summed E-state index contributed by atoms with van der Waals surface area (Å²) >= 11 is 0. The number of carbonyl (C=O) groups excluding carboxylic acids is 3. The summed E-state index contributed by atoms with van der Waals surface area (Å²) < 4.78 is 15.6. The second-order valence-corrected chi connectivity index (χ2v) is 9.19. The Morgan fingerprint density at radius 2 is 1.89 bits per heavy atom. The van der Waals surface area contributed by atoms with Gasteiger partial charge in [0.05, 0.1) is 39.0 Å². The van der Waals surface area contributed by atoms with Crippen LogP contribution in [0.1, 0.15) is 45.3 Å². The van der Waals surface area contributed by atoms with Crippen molar-refractivity contribution in [3.63, 3.8) is 0 Å². The number of amides is 1. The number of ketones is 1. The van der Waals surface area contributed by atoms with E-state index in [2.05, 4.69) is 9.88 Å². The van der Waals surface area contributed by atoms with E-state index < -0.39 is 23.7 Å². The summed E-state index contributed by atoms with van der Waals surface area (Å²) in [6.45, 7) is 7.44. The topological polar surface area (TPSA) is 121 Å². The van der Waals surface area contributed by atoms with Crippen LogP contribution in [0.4, 0.5) is 0 Å². The predicted molar refractivity (Wildman–Crippen MR) is 135 cm³/mol. The number of rotatable bonds is 8. The second-order valence-electron chi connectivity index (χ2n) is 9.19. The SMILES string of the molecule is COC(=O)c1[nH]c(C)c(C(O)=C2C(=O)C(=O)N(CCCN3CCOCC3)[C@@H]2c2cccc(OC)c2)c1C. The van der Waals surface area contributed by atoms with Gasteiger partial charge in [0.2, 0.25) is 0 Å². The van der Waals surface area contributed by atoms with E-state index >= 15 is 0 Å². The number of nitrogens with zero attached hydrogens (tertiary/aromatic N) is 2. The van der Waals surface area contributed by atoms with Gasteiger partial charge in [0.1, 0.15) is 17.2 Å². The van der Waals surface area contributed by atoms with Crippen molar-refractivity contribution in [1.82, 2.24) is 14.8 Å².